The summed E-state index contributed by atoms with van der Waals surface area (Å²) in [7, 11) is 0. The van der Waals surface area contributed by atoms with Crippen LogP contribution in [0.25, 0.3) is 0 Å². The number of para-hydroxylation sites is 1. The number of hydrogen-bond acceptors (Lipinski definition) is 5. The van der Waals surface area contributed by atoms with Gasteiger partial charge in [-0.3, -0.25) is 4.79 Å². The summed E-state index contributed by atoms with van der Waals surface area (Å²) in [6, 6.07) is 12.2. The van der Waals surface area contributed by atoms with Crippen molar-refractivity contribution in [2.45, 2.75) is 13.5 Å². The first-order valence-corrected chi connectivity index (χ1v) is 8.98. The molecule has 0 fully saturated rings. The molecular formula is C17H14Cl2N4OS. The minimum atomic E-state index is -0.241. The molecule has 25 heavy (non-hydrogen) atoms. The predicted molar refractivity (Wildman–Crippen MR) is 103 cm³/mol. The van der Waals surface area contributed by atoms with Crippen LogP contribution in [-0.2, 0) is 6.54 Å². The molecule has 2 aromatic carbocycles. The van der Waals surface area contributed by atoms with Crippen LogP contribution >= 0.6 is 34.5 Å². The van der Waals surface area contributed by atoms with Crippen LogP contribution in [-0.4, -0.2) is 16.1 Å². The number of halogens is 2. The van der Waals surface area contributed by atoms with Crippen LogP contribution in [0, 0.1) is 6.92 Å². The van der Waals surface area contributed by atoms with Crippen LogP contribution in [0.4, 0.5) is 11.4 Å². The van der Waals surface area contributed by atoms with E-state index in [2.05, 4.69) is 20.8 Å². The van der Waals surface area contributed by atoms with E-state index in [9.17, 15) is 4.79 Å². The summed E-state index contributed by atoms with van der Waals surface area (Å²) < 4.78 is 0. The van der Waals surface area contributed by atoms with Gasteiger partial charge in [0.05, 0.1) is 22.2 Å². The first kappa shape index (κ1) is 17.7. The Balaban J connectivity index is 1.74. The van der Waals surface area contributed by atoms with Gasteiger partial charge in [-0.05, 0) is 37.3 Å². The van der Waals surface area contributed by atoms with Crippen molar-refractivity contribution in [2.24, 2.45) is 0 Å². The van der Waals surface area contributed by atoms with Crippen molar-refractivity contribution in [1.82, 2.24) is 10.2 Å². The molecule has 0 aliphatic heterocycles. The van der Waals surface area contributed by atoms with Crippen molar-refractivity contribution in [3.8, 4) is 0 Å². The first-order valence-electron chi connectivity index (χ1n) is 7.41. The van der Waals surface area contributed by atoms with Crippen molar-refractivity contribution >= 4 is 51.8 Å². The third-order valence-corrected chi connectivity index (χ3v) is 4.92. The molecule has 0 atom stereocenters. The second kappa shape index (κ2) is 7.82. The van der Waals surface area contributed by atoms with Crippen LogP contribution in [0.15, 0.2) is 42.5 Å². The fourth-order valence-electron chi connectivity index (χ4n) is 2.19. The van der Waals surface area contributed by atoms with Gasteiger partial charge in [-0.1, -0.05) is 46.7 Å². The molecule has 1 heterocycles. The summed E-state index contributed by atoms with van der Waals surface area (Å²) in [4.78, 5) is 12.6. The maximum atomic E-state index is 12.6. The second-order valence-corrected chi connectivity index (χ2v) is 7.28. The van der Waals surface area contributed by atoms with Gasteiger partial charge >= 0.3 is 0 Å². The highest BCUT2D eigenvalue weighted by atomic mass is 35.5. The molecule has 0 aliphatic carbocycles. The highest BCUT2D eigenvalue weighted by Crippen LogP contribution is 2.26. The lowest BCUT2D eigenvalue weighted by atomic mass is 10.1. The third-order valence-electron chi connectivity index (χ3n) is 3.35. The molecular weight excluding hydrogens is 379 g/mol. The lowest BCUT2D eigenvalue weighted by molar-refractivity contribution is 0.102. The molecule has 0 saturated heterocycles. The standard InChI is InChI=1S/C17H14Cl2N4OS/c1-10-22-23-16(25-10)9-20-15-5-3-2-4-12(15)17(24)21-11-6-7-13(18)14(19)8-11/h2-8,20H,9H2,1H3,(H,21,24). The van der Waals surface area contributed by atoms with E-state index in [1.54, 1.807) is 24.3 Å². The quantitative estimate of drug-likeness (QED) is 0.639. The Kier molecular flexibility index (Phi) is 5.53. The molecule has 0 bridgehead atoms. The fraction of sp³-hybridized carbons (Fsp3) is 0.118. The number of nitrogens with one attached hydrogen (secondary N) is 2. The monoisotopic (exact) mass is 392 g/mol. The van der Waals surface area contributed by atoms with Gasteiger partial charge in [0, 0.05) is 11.4 Å². The lowest BCUT2D eigenvalue weighted by Gasteiger charge is -2.11. The second-order valence-electron chi connectivity index (χ2n) is 5.20. The number of rotatable bonds is 5. The minimum absolute atomic E-state index is 0.241. The minimum Gasteiger partial charge on any atom is -0.378 e. The average molecular weight is 393 g/mol. The molecule has 8 heteroatoms. The number of anilines is 2. The van der Waals surface area contributed by atoms with Crippen molar-refractivity contribution in [3.05, 3.63) is 68.1 Å². The van der Waals surface area contributed by atoms with E-state index in [1.165, 1.54) is 11.3 Å². The Morgan fingerprint density at radius 1 is 1.12 bits per heavy atom. The van der Waals surface area contributed by atoms with Crippen LogP contribution in [0.1, 0.15) is 20.4 Å². The number of amides is 1. The summed E-state index contributed by atoms with van der Waals surface area (Å²) >= 11 is 13.4. The van der Waals surface area contributed by atoms with Gasteiger partial charge in [-0.25, -0.2) is 0 Å². The first-order chi connectivity index (χ1) is 12.0. The van der Waals surface area contributed by atoms with E-state index in [0.29, 0.717) is 33.5 Å². The molecule has 0 saturated carbocycles. The highest BCUT2D eigenvalue weighted by Gasteiger charge is 2.12. The number of carbonyl (C=O) groups excluding carboxylic acids is 1. The van der Waals surface area contributed by atoms with Gasteiger partial charge < -0.3 is 10.6 Å². The van der Waals surface area contributed by atoms with Gasteiger partial charge in [0.15, 0.2) is 0 Å². The van der Waals surface area contributed by atoms with E-state index in [4.69, 9.17) is 23.2 Å². The molecule has 1 aromatic heterocycles. The number of aryl methyl sites for hydroxylation is 1. The average Bonchev–Trinajstić information content (AvgIpc) is 3.02. The fourth-order valence-corrected chi connectivity index (χ4v) is 3.13. The SMILES string of the molecule is Cc1nnc(CNc2ccccc2C(=O)Nc2ccc(Cl)c(Cl)c2)s1. The molecule has 3 rings (SSSR count). The van der Waals surface area contributed by atoms with Crippen molar-refractivity contribution in [2.75, 3.05) is 10.6 Å². The number of hydrogen-bond donors (Lipinski definition) is 2. The zero-order chi connectivity index (χ0) is 17.8. The maximum absolute atomic E-state index is 12.6. The van der Waals surface area contributed by atoms with Gasteiger partial charge in [0.25, 0.3) is 5.91 Å². The number of nitrogens with zero attached hydrogens (tertiary/aromatic N) is 2. The molecule has 3 aromatic rings. The van der Waals surface area contributed by atoms with Gasteiger partial charge in [-0.2, -0.15) is 0 Å². The van der Waals surface area contributed by atoms with Crippen LogP contribution in [0.2, 0.25) is 10.0 Å². The predicted octanol–water partition coefficient (Wildman–Crippen LogP) is 5.02. The van der Waals surface area contributed by atoms with E-state index in [0.717, 1.165) is 10.0 Å². The Morgan fingerprint density at radius 3 is 2.64 bits per heavy atom. The molecule has 0 unspecified atom stereocenters. The summed E-state index contributed by atoms with van der Waals surface area (Å²) in [6.07, 6.45) is 0. The molecule has 128 valence electrons. The molecule has 1 amide bonds. The van der Waals surface area contributed by atoms with Crippen molar-refractivity contribution in [1.29, 1.82) is 0 Å². The normalized spacial score (nSPS) is 10.5. The van der Waals surface area contributed by atoms with Crippen molar-refractivity contribution < 1.29 is 4.79 Å². The van der Waals surface area contributed by atoms with E-state index in [1.807, 2.05) is 25.1 Å². The largest absolute Gasteiger partial charge is 0.378 e. The zero-order valence-electron chi connectivity index (χ0n) is 13.2. The van der Waals surface area contributed by atoms with E-state index < -0.39 is 0 Å². The topological polar surface area (TPSA) is 66.9 Å². The highest BCUT2D eigenvalue weighted by molar-refractivity contribution is 7.11. The summed E-state index contributed by atoms with van der Waals surface area (Å²) in [5.41, 5.74) is 1.82. The third kappa shape index (κ3) is 4.48. The van der Waals surface area contributed by atoms with Gasteiger partial charge in [-0.15, -0.1) is 10.2 Å². The molecule has 0 radical (unpaired) electrons. The zero-order valence-corrected chi connectivity index (χ0v) is 15.5. The smallest absolute Gasteiger partial charge is 0.257 e. The number of aromatic nitrogens is 2. The van der Waals surface area contributed by atoms with Gasteiger partial charge in [0.2, 0.25) is 0 Å². The van der Waals surface area contributed by atoms with E-state index in [-0.39, 0.29) is 5.91 Å². The molecule has 2 N–H and O–H groups in total. The maximum Gasteiger partial charge on any atom is 0.257 e. The lowest BCUT2D eigenvalue weighted by Crippen LogP contribution is -2.14. The summed E-state index contributed by atoms with van der Waals surface area (Å²) in [5.74, 6) is -0.241. The van der Waals surface area contributed by atoms with Crippen LogP contribution < -0.4 is 10.6 Å². The molecule has 5 nitrogen and oxygen atoms in total. The van der Waals surface area contributed by atoms with Crippen molar-refractivity contribution in [3.63, 3.8) is 0 Å². The Labute approximate surface area is 159 Å². The Bertz CT molecular complexity index is 913. The van der Waals surface area contributed by atoms with Gasteiger partial charge in [0.1, 0.15) is 10.0 Å². The number of benzene rings is 2. The molecule has 0 spiro atoms. The Morgan fingerprint density at radius 2 is 1.92 bits per heavy atom. The van der Waals surface area contributed by atoms with Crippen LogP contribution in [0.5, 0.6) is 0 Å². The molecule has 0 aliphatic rings. The Hall–Kier alpha value is -2.15. The summed E-state index contributed by atoms with van der Waals surface area (Å²) in [5, 5.41) is 16.7. The number of carbonyl (C=O) groups is 1. The van der Waals surface area contributed by atoms with E-state index >= 15 is 0 Å². The summed E-state index contributed by atoms with van der Waals surface area (Å²) in [6.45, 7) is 2.41. The van der Waals surface area contributed by atoms with Crippen LogP contribution in [0.3, 0.4) is 0 Å².